The van der Waals surface area contributed by atoms with Gasteiger partial charge in [0.2, 0.25) is 0 Å². The van der Waals surface area contributed by atoms with Gasteiger partial charge in [0.25, 0.3) is 0 Å². The van der Waals surface area contributed by atoms with Crippen LogP contribution in [0.5, 0.6) is 0 Å². The van der Waals surface area contributed by atoms with E-state index in [0.717, 1.165) is 43.1 Å². The Kier molecular flexibility index (Phi) is 3.46. The van der Waals surface area contributed by atoms with E-state index in [-0.39, 0.29) is 0 Å². The molecule has 1 aromatic rings. The van der Waals surface area contributed by atoms with Crippen LogP contribution in [-0.4, -0.2) is 23.1 Å². The maximum Gasteiger partial charge on any atom is 0.137 e. The summed E-state index contributed by atoms with van der Waals surface area (Å²) in [4.78, 5) is 11.4. The van der Waals surface area contributed by atoms with Crippen molar-refractivity contribution in [2.24, 2.45) is 5.41 Å². The van der Waals surface area contributed by atoms with Crippen molar-refractivity contribution >= 4 is 11.6 Å². The van der Waals surface area contributed by atoms with Crippen LogP contribution in [-0.2, 0) is 6.42 Å². The first kappa shape index (κ1) is 13.1. The van der Waals surface area contributed by atoms with Gasteiger partial charge in [-0.15, -0.1) is 0 Å². The summed E-state index contributed by atoms with van der Waals surface area (Å²) < 4.78 is 0. The number of nitrogens with two attached hydrogens (primary N) is 1. The summed E-state index contributed by atoms with van der Waals surface area (Å²) in [7, 11) is 0. The van der Waals surface area contributed by atoms with Crippen molar-refractivity contribution in [3.63, 3.8) is 0 Å². The highest BCUT2D eigenvalue weighted by atomic mass is 15.2. The maximum absolute atomic E-state index is 6.01. The van der Waals surface area contributed by atoms with E-state index >= 15 is 0 Å². The Morgan fingerprint density at radius 3 is 2.61 bits per heavy atom. The third kappa shape index (κ3) is 2.57. The Bertz CT molecular complexity index is 440. The summed E-state index contributed by atoms with van der Waals surface area (Å²) in [5, 5.41) is 0. The fraction of sp³-hybridized carbons (Fsp3) is 0.714. The topological polar surface area (TPSA) is 55.0 Å². The van der Waals surface area contributed by atoms with E-state index in [4.69, 9.17) is 10.7 Å². The van der Waals surface area contributed by atoms with Crippen molar-refractivity contribution < 1.29 is 0 Å². The van der Waals surface area contributed by atoms with Gasteiger partial charge in [-0.2, -0.15) is 0 Å². The van der Waals surface area contributed by atoms with Crippen LogP contribution in [0, 0.1) is 12.3 Å². The van der Waals surface area contributed by atoms with Crippen LogP contribution >= 0.6 is 0 Å². The highest BCUT2D eigenvalue weighted by Crippen LogP contribution is 2.33. The van der Waals surface area contributed by atoms with Gasteiger partial charge in [0.1, 0.15) is 17.5 Å². The minimum absolute atomic E-state index is 0.372. The second kappa shape index (κ2) is 4.75. The van der Waals surface area contributed by atoms with Crippen molar-refractivity contribution in [1.29, 1.82) is 0 Å². The van der Waals surface area contributed by atoms with Crippen LogP contribution in [0.15, 0.2) is 0 Å². The van der Waals surface area contributed by atoms with Crippen LogP contribution < -0.4 is 10.6 Å². The normalized spacial score (nSPS) is 18.3. The van der Waals surface area contributed by atoms with Crippen LogP contribution in [0.1, 0.15) is 45.0 Å². The zero-order valence-electron chi connectivity index (χ0n) is 12.0. The summed E-state index contributed by atoms with van der Waals surface area (Å²) in [5.74, 6) is 2.55. The predicted molar refractivity (Wildman–Crippen MR) is 75.8 cm³/mol. The average molecular weight is 248 g/mol. The van der Waals surface area contributed by atoms with Gasteiger partial charge in [-0.3, -0.25) is 0 Å². The number of nitrogens with zero attached hydrogens (tertiary/aromatic N) is 3. The maximum atomic E-state index is 6.01. The van der Waals surface area contributed by atoms with E-state index < -0.39 is 0 Å². The number of rotatable bonds is 3. The van der Waals surface area contributed by atoms with E-state index in [1.165, 1.54) is 6.42 Å². The lowest BCUT2D eigenvalue weighted by molar-refractivity contribution is 0.418. The monoisotopic (exact) mass is 248 g/mol. The molecule has 0 aromatic carbocycles. The molecule has 0 amide bonds. The Morgan fingerprint density at radius 1 is 1.33 bits per heavy atom. The molecule has 100 valence electrons. The van der Waals surface area contributed by atoms with Crippen molar-refractivity contribution in [2.45, 2.75) is 47.0 Å². The molecule has 0 radical (unpaired) electrons. The molecule has 4 heteroatoms. The van der Waals surface area contributed by atoms with Crippen molar-refractivity contribution in [3.05, 3.63) is 11.4 Å². The second-order valence-corrected chi connectivity index (χ2v) is 6.06. The summed E-state index contributed by atoms with van der Waals surface area (Å²) in [6, 6.07) is 0. The number of nitrogen functional groups attached to an aromatic ring is 1. The van der Waals surface area contributed by atoms with Crippen molar-refractivity contribution in [2.75, 3.05) is 23.7 Å². The van der Waals surface area contributed by atoms with E-state index in [2.05, 4.69) is 30.7 Å². The smallest absolute Gasteiger partial charge is 0.137 e. The summed E-state index contributed by atoms with van der Waals surface area (Å²) in [6.45, 7) is 10.9. The summed E-state index contributed by atoms with van der Waals surface area (Å²) in [5.41, 5.74) is 7.40. The van der Waals surface area contributed by atoms with Crippen molar-refractivity contribution in [1.82, 2.24) is 9.97 Å². The Hall–Kier alpha value is -1.32. The molecule has 0 bridgehead atoms. The largest absolute Gasteiger partial charge is 0.383 e. The number of aryl methyl sites for hydroxylation is 1. The zero-order chi connectivity index (χ0) is 13.3. The van der Waals surface area contributed by atoms with Crippen LogP contribution in [0.4, 0.5) is 11.6 Å². The molecular formula is C14H24N4. The molecule has 2 rings (SSSR count). The fourth-order valence-corrected chi connectivity index (χ4v) is 2.51. The van der Waals surface area contributed by atoms with Crippen LogP contribution in [0.3, 0.4) is 0 Å². The molecule has 2 heterocycles. The lowest BCUT2D eigenvalue weighted by Gasteiger charge is -2.23. The molecule has 4 nitrogen and oxygen atoms in total. The van der Waals surface area contributed by atoms with Gasteiger partial charge in [0.15, 0.2) is 0 Å². The Morgan fingerprint density at radius 2 is 2.06 bits per heavy atom. The minimum Gasteiger partial charge on any atom is -0.383 e. The van der Waals surface area contributed by atoms with Gasteiger partial charge in [-0.05, 0) is 25.2 Å². The minimum atomic E-state index is 0.372. The van der Waals surface area contributed by atoms with Gasteiger partial charge >= 0.3 is 0 Å². The van der Waals surface area contributed by atoms with Crippen LogP contribution in [0.25, 0.3) is 0 Å². The molecule has 1 aliphatic rings. The molecule has 1 aliphatic heterocycles. The molecular weight excluding hydrogens is 224 g/mol. The number of hydrogen-bond acceptors (Lipinski definition) is 4. The van der Waals surface area contributed by atoms with Gasteiger partial charge in [0.05, 0.1) is 0 Å². The van der Waals surface area contributed by atoms with Gasteiger partial charge in [0, 0.05) is 25.1 Å². The third-order valence-corrected chi connectivity index (χ3v) is 3.65. The first-order valence-electron chi connectivity index (χ1n) is 6.81. The summed E-state index contributed by atoms with van der Waals surface area (Å²) in [6.07, 6.45) is 3.15. The zero-order valence-corrected chi connectivity index (χ0v) is 12.0. The lowest BCUT2D eigenvalue weighted by Crippen LogP contribution is -2.25. The second-order valence-electron chi connectivity index (χ2n) is 6.06. The molecule has 0 aliphatic carbocycles. The predicted octanol–water partition coefficient (Wildman–Crippen LogP) is 2.56. The quantitative estimate of drug-likeness (QED) is 0.893. The molecule has 1 fully saturated rings. The van der Waals surface area contributed by atoms with E-state index in [9.17, 15) is 0 Å². The number of anilines is 2. The summed E-state index contributed by atoms with van der Waals surface area (Å²) >= 11 is 0. The molecule has 2 N–H and O–H groups in total. The molecule has 18 heavy (non-hydrogen) atoms. The Labute approximate surface area is 110 Å². The molecule has 0 atom stereocenters. The molecule has 0 saturated carbocycles. The Balaban J connectivity index is 2.32. The number of hydrogen-bond donors (Lipinski definition) is 1. The van der Waals surface area contributed by atoms with Crippen molar-refractivity contribution in [3.8, 4) is 0 Å². The van der Waals surface area contributed by atoms with E-state index in [0.29, 0.717) is 11.2 Å². The first-order chi connectivity index (χ1) is 8.43. The van der Waals surface area contributed by atoms with Gasteiger partial charge in [-0.1, -0.05) is 20.8 Å². The third-order valence-electron chi connectivity index (χ3n) is 3.65. The highest BCUT2D eigenvalue weighted by Gasteiger charge is 2.31. The highest BCUT2D eigenvalue weighted by molar-refractivity contribution is 5.57. The standard InChI is InChI=1S/C14H24N4/c1-5-6-11-16-12(15)10(2)13(17-11)18-8-7-14(3,4)9-18/h5-9H2,1-4H3,(H2,15,16,17). The lowest BCUT2D eigenvalue weighted by atomic mass is 9.93. The van der Waals surface area contributed by atoms with Gasteiger partial charge < -0.3 is 10.6 Å². The molecule has 0 unspecified atom stereocenters. The van der Waals surface area contributed by atoms with Gasteiger partial charge in [-0.25, -0.2) is 9.97 Å². The van der Waals surface area contributed by atoms with E-state index in [1.807, 2.05) is 6.92 Å². The average Bonchev–Trinajstić information content (AvgIpc) is 2.64. The molecule has 0 spiro atoms. The molecule has 1 saturated heterocycles. The van der Waals surface area contributed by atoms with Crippen LogP contribution in [0.2, 0.25) is 0 Å². The first-order valence-corrected chi connectivity index (χ1v) is 6.81. The fourth-order valence-electron chi connectivity index (χ4n) is 2.51. The van der Waals surface area contributed by atoms with E-state index in [1.54, 1.807) is 0 Å². The molecule has 1 aromatic heterocycles. The number of aromatic nitrogens is 2. The SMILES string of the molecule is CCCc1nc(N)c(C)c(N2CCC(C)(C)C2)n1.